The van der Waals surface area contributed by atoms with Crippen LogP contribution in [0.5, 0.6) is 0 Å². The molecule has 0 unspecified atom stereocenters. The van der Waals surface area contributed by atoms with Gasteiger partial charge in [0, 0.05) is 22.7 Å². The highest BCUT2D eigenvalue weighted by atomic mass is 32.2. The lowest BCUT2D eigenvalue weighted by Gasteiger charge is -2.07. The second kappa shape index (κ2) is 5.37. The first kappa shape index (κ1) is 10.8. The van der Waals surface area contributed by atoms with E-state index in [1.807, 2.05) is 18.2 Å². The van der Waals surface area contributed by atoms with Crippen molar-refractivity contribution in [1.82, 2.24) is 10.3 Å². The molecule has 0 amide bonds. The zero-order valence-corrected chi connectivity index (χ0v) is 9.50. The lowest BCUT2D eigenvalue weighted by Crippen LogP contribution is -2.16. The van der Waals surface area contributed by atoms with Crippen LogP contribution in [0.25, 0.3) is 0 Å². The quantitative estimate of drug-likeness (QED) is 0.827. The molecule has 1 aromatic rings. The lowest BCUT2D eigenvalue weighted by atomic mass is 10.2. The second-order valence-corrected chi connectivity index (χ2v) is 5.43. The summed E-state index contributed by atoms with van der Waals surface area (Å²) < 4.78 is 11.8. The zero-order chi connectivity index (χ0) is 10.5. The van der Waals surface area contributed by atoms with Gasteiger partial charge in [-0.1, -0.05) is 6.07 Å². The van der Waals surface area contributed by atoms with Gasteiger partial charge in [0.05, 0.1) is 11.4 Å². The van der Waals surface area contributed by atoms with E-state index in [9.17, 15) is 4.21 Å². The number of pyridine rings is 1. The van der Waals surface area contributed by atoms with E-state index in [2.05, 4.69) is 10.3 Å². The summed E-state index contributed by atoms with van der Waals surface area (Å²) in [7, 11) is -0.763. The Kier molecular flexibility index (Phi) is 3.86. The Morgan fingerprint density at radius 2 is 2.47 bits per heavy atom. The standard InChI is InChI=1S/C11H16N2OS/c14-15(8-10-4-6-12-7-10)9-11-3-1-2-5-13-11/h1-3,5,10,12H,4,6-9H2/t10-,15+/m0/s1. The maximum absolute atomic E-state index is 11.8. The molecule has 82 valence electrons. The van der Waals surface area contributed by atoms with Gasteiger partial charge in [0.1, 0.15) is 0 Å². The number of hydrogen-bond donors (Lipinski definition) is 1. The molecule has 2 rings (SSSR count). The molecule has 1 aliphatic heterocycles. The summed E-state index contributed by atoms with van der Waals surface area (Å²) in [6, 6.07) is 5.76. The molecule has 15 heavy (non-hydrogen) atoms. The molecule has 1 aliphatic rings. The topological polar surface area (TPSA) is 42.0 Å². The summed E-state index contributed by atoms with van der Waals surface area (Å²) in [6.45, 7) is 2.10. The number of nitrogens with one attached hydrogen (secondary N) is 1. The van der Waals surface area contributed by atoms with Crippen molar-refractivity contribution < 1.29 is 4.21 Å². The Labute approximate surface area is 92.8 Å². The van der Waals surface area contributed by atoms with Gasteiger partial charge in [-0.3, -0.25) is 9.19 Å². The van der Waals surface area contributed by atoms with Crippen LogP contribution in [0.1, 0.15) is 12.1 Å². The van der Waals surface area contributed by atoms with Gasteiger partial charge in [0.2, 0.25) is 0 Å². The van der Waals surface area contributed by atoms with Crippen LogP contribution in [0.4, 0.5) is 0 Å². The van der Waals surface area contributed by atoms with E-state index >= 15 is 0 Å². The number of nitrogens with zero attached hydrogens (tertiary/aromatic N) is 1. The predicted molar refractivity (Wildman–Crippen MR) is 61.9 cm³/mol. The Bertz CT molecular complexity index is 323. The third kappa shape index (κ3) is 3.39. The van der Waals surface area contributed by atoms with Crippen molar-refractivity contribution in [3.8, 4) is 0 Å². The summed E-state index contributed by atoms with van der Waals surface area (Å²) in [6.07, 6.45) is 2.91. The molecule has 1 aromatic heterocycles. The van der Waals surface area contributed by atoms with E-state index in [0.29, 0.717) is 11.7 Å². The van der Waals surface area contributed by atoms with Crippen molar-refractivity contribution in [3.63, 3.8) is 0 Å². The molecule has 0 bridgehead atoms. The molecule has 2 heterocycles. The third-order valence-electron chi connectivity index (χ3n) is 2.62. The Balaban J connectivity index is 1.82. The molecule has 1 N–H and O–H groups in total. The van der Waals surface area contributed by atoms with Crippen LogP contribution in [0.2, 0.25) is 0 Å². The Morgan fingerprint density at radius 3 is 3.13 bits per heavy atom. The molecule has 3 nitrogen and oxygen atoms in total. The molecule has 1 saturated heterocycles. The van der Waals surface area contributed by atoms with E-state index in [1.165, 1.54) is 0 Å². The fourth-order valence-electron chi connectivity index (χ4n) is 1.83. The predicted octanol–water partition coefficient (Wildman–Crippen LogP) is 0.940. The molecular formula is C11H16N2OS. The smallest absolute Gasteiger partial charge is 0.0658 e. The number of rotatable bonds is 4. The minimum atomic E-state index is -0.763. The molecule has 0 aromatic carbocycles. The van der Waals surface area contributed by atoms with Crippen molar-refractivity contribution in [2.75, 3.05) is 18.8 Å². The van der Waals surface area contributed by atoms with Gasteiger partial charge >= 0.3 is 0 Å². The number of aromatic nitrogens is 1. The summed E-state index contributed by atoms with van der Waals surface area (Å²) in [4.78, 5) is 4.18. The van der Waals surface area contributed by atoms with E-state index in [1.54, 1.807) is 6.20 Å². The van der Waals surface area contributed by atoms with Gasteiger partial charge in [-0.05, 0) is 37.6 Å². The van der Waals surface area contributed by atoms with E-state index < -0.39 is 10.8 Å². The molecular weight excluding hydrogens is 208 g/mol. The molecule has 0 radical (unpaired) electrons. The van der Waals surface area contributed by atoms with Crippen molar-refractivity contribution in [2.45, 2.75) is 12.2 Å². The maximum Gasteiger partial charge on any atom is 0.0658 e. The van der Waals surface area contributed by atoms with Crippen LogP contribution in [-0.4, -0.2) is 28.0 Å². The maximum atomic E-state index is 11.8. The van der Waals surface area contributed by atoms with Gasteiger partial charge in [0.15, 0.2) is 0 Å². The molecule has 0 saturated carbocycles. The van der Waals surface area contributed by atoms with E-state index in [-0.39, 0.29) is 0 Å². The fraction of sp³-hybridized carbons (Fsp3) is 0.545. The molecule has 0 aliphatic carbocycles. The number of hydrogen-bond acceptors (Lipinski definition) is 3. The fourth-order valence-corrected chi connectivity index (χ4v) is 3.26. The lowest BCUT2D eigenvalue weighted by molar-refractivity contribution is 0.632. The van der Waals surface area contributed by atoms with Crippen LogP contribution in [-0.2, 0) is 16.6 Å². The largest absolute Gasteiger partial charge is 0.316 e. The third-order valence-corrected chi connectivity index (χ3v) is 4.08. The first-order chi connectivity index (χ1) is 7.34. The van der Waals surface area contributed by atoms with Gasteiger partial charge < -0.3 is 5.32 Å². The van der Waals surface area contributed by atoms with Gasteiger partial charge in [-0.2, -0.15) is 0 Å². The highest BCUT2D eigenvalue weighted by Crippen LogP contribution is 2.11. The first-order valence-corrected chi connectivity index (χ1v) is 6.79. The SMILES string of the molecule is O=[S@@](Cc1ccccn1)C[C@H]1CCNC1. The summed E-state index contributed by atoms with van der Waals surface area (Å²) in [5.74, 6) is 2.00. The summed E-state index contributed by atoms with van der Waals surface area (Å²) in [5.41, 5.74) is 0.932. The zero-order valence-electron chi connectivity index (χ0n) is 8.69. The van der Waals surface area contributed by atoms with Gasteiger partial charge in [0.25, 0.3) is 0 Å². The van der Waals surface area contributed by atoms with Crippen LogP contribution in [0, 0.1) is 5.92 Å². The van der Waals surface area contributed by atoms with Crippen molar-refractivity contribution in [1.29, 1.82) is 0 Å². The Hall–Kier alpha value is -0.740. The van der Waals surface area contributed by atoms with Gasteiger partial charge in [-0.15, -0.1) is 0 Å². The van der Waals surface area contributed by atoms with Crippen molar-refractivity contribution in [2.24, 2.45) is 5.92 Å². The minimum absolute atomic E-state index is 0.592. The average Bonchev–Trinajstić information content (AvgIpc) is 2.71. The Morgan fingerprint density at radius 1 is 1.53 bits per heavy atom. The highest BCUT2D eigenvalue weighted by molar-refractivity contribution is 7.84. The summed E-state index contributed by atoms with van der Waals surface area (Å²) >= 11 is 0. The van der Waals surface area contributed by atoms with Crippen LogP contribution in [0.15, 0.2) is 24.4 Å². The molecule has 4 heteroatoms. The monoisotopic (exact) mass is 224 g/mol. The van der Waals surface area contributed by atoms with E-state index in [0.717, 1.165) is 31.0 Å². The van der Waals surface area contributed by atoms with Crippen LogP contribution in [0.3, 0.4) is 0 Å². The summed E-state index contributed by atoms with van der Waals surface area (Å²) in [5, 5.41) is 3.29. The van der Waals surface area contributed by atoms with Gasteiger partial charge in [-0.25, -0.2) is 0 Å². The highest BCUT2D eigenvalue weighted by Gasteiger charge is 2.17. The molecule has 2 atom stereocenters. The molecule has 0 spiro atoms. The normalized spacial score (nSPS) is 22.8. The van der Waals surface area contributed by atoms with Crippen molar-refractivity contribution >= 4 is 10.8 Å². The average molecular weight is 224 g/mol. The van der Waals surface area contributed by atoms with Crippen LogP contribution < -0.4 is 5.32 Å². The second-order valence-electron chi connectivity index (χ2n) is 3.93. The minimum Gasteiger partial charge on any atom is -0.316 e. The molecule has 1 fully saturated rings. The first-order valence-electron chi connectivity index (χ1n) is 5.30. The van der Waals surface area contributed by atoms with Crippen LogP contribution >= 0.6 is 0 Å². The van der Waals surface area contributed by atoms with E-state index in [4.69, 9.17) is 0 Å². The van der Waals surface area contributed by atoms with Crippen molar-refractivity contribution in [3.05, 3.63) is 30.1 Å².